The van der Waals surface area contributed by atoms with Gasteiger partial charge in [-0.25, -0.2) is 4.39 Å². The van der Waals surface area contributed by atoms with E-state index in [0.717, 1.165) is 0 Å². The van der Waals surface area contributed by atoms with Gasteiger partial charge in [0.05, 0.1) is 17.8 Å². The maximum Gasteiger partial charge on any atom is 0.240 e. The first-order chi connectivity index (χ1) is 10.5. The minimum absolute atomic E-state index is 0. The number of likely N-dealkylation sites (N-methyl/N-ethyl adjacent to an activating group) is 1. The van der Waals surface area contributed by atoms with E-state index in [2.05, 4.69) is 0 Å². The maximum atomic E-state index is 13.8. The van der Waals surface area contributed by atoms with Gasteiger partial charge in [-0.1, -0.05) is 23.7 Å². The fourth-order valence-corrected chi connectivity index (χ4v) is 2.22. The van der Waals surface area contributed by atoms with Crippen LogP contribution in [0.5, 0.6) is 0 Å². The van der Waals surface area contributed by atoms with Gasteiger partial charge in [-0.3, -0.25) is 9.59 Å². The molecule has 4 nitrogen and oxygen atoms in total. The summed E-state index contributed by atoms with van der Waals surface area (Å²) in [7, 11) is 1.50. The molecule has 0 atom stereocenters. The lowest BCUT2D eigenvalue weighted by molar-refractivity contribution is -0.117. The maximum absolute atomic E-state index is 13.8. The van der Waals surface area contributed by atoms with Crippen molar-refractivity contribution in [1.29, 1.82) is 0 Å². The van der Waals surface area contributed by atoms with Crippen molar-refractivity contribution in [2.24, 2.45) is 5.73 Å². The van der Waals surface area contributed by atoms with Crippen molar-refractivity contribution < 1.29 is 14.0 Å². The summed E-state index contributed by atoms with van der Waals surface area (Å²) in [5.41, 5.74) is 5.72. The molecule has 122 valence electrons. The molecule has 0 aliphatic heterocycles. The quantitative estimate of drug-likeness (QED) is 0.800. The lowest BCUT2D eigenvalue weighted by Crippen LogP contribution is -2.33. The summed E-state index contributed by atoms with van der Waals surface area (Å²) in [6.07, 6.45) is 0. The summed E-state index contributed by atoms with van der Waals surface area (Å²) in [6, 6.07) is 10.1. The Hall–Kier alpha value is -1.76. The van der Waals surface area contributed by atoms with E-state index in [0.29, 0.717) is 10.7 Å². The molecule has 1 amide bonds. The first kappa shape index (κ1) is 19.3. The number of anilines is 1. The van der Waals surface area contributed by atoms with Crippen molar-refractivity contribution in [3.63, 3.8) is 0 Å². The lowest BCUT2D eigenvalue weighted by Gasteiger charge is -2.20. The summed E-state index contributed by atoms with van der Waals surface area (Å²) in [5.74, 6) is -1.55. The third kappa shape index (κ3) is 4.16. The molecule has 2 aromatic carbocycles. The molecule has 0 aliphatic rings. The van der Waals surface area contributed by atoms with E-state index in [9.17, 15) is 14.0 Å². The van der Waals surface area contributed by atoms with Crippen LogP contribution in [0.25, 0.3) is 0 Å². The van der Waals surface area contributed by atoms with Crippen molar-refractivity contribution >= 4 is 46.0 Å². The summed E-state index contributed by atoms with van der Waals surface area (Å²) < 4.78 is 13.8. The zero-order valence-electron chi connectivity index (χ0n) is 12.3. The first-order valence-electron chi connectivity index (χ1n) is 6.51. The highest BCUT2D eigenvalue weighted by Crippen LogP contribution is 2.27. The molecule has 0 fully saturated rings. The molecule has 0 aliphatic carbocycles. The van der Waals surface area contributed by atoms with E-state index < -0.39 is 11.6 Å². The number of nitrogens with zero attached hydrogens (tertiary/aromatic N) is 1. The Morgan fingerprint density at radius 3 is 2.43 bits per heavy atom. The summed E-state index contributed by atoms with van der Waals surface area (Å²) in [4.78, 5) is 25.6. The Morgan fingerprint density at radius 1 is 1.17 bits per heavy atom. The van der Waals surface area contributed by atoms with Gasteiger partial charge in [-0.05, 0) is 30.3 Å². The topological polar surface area (TPSA) is 63.4 Å². The largest absolute Gasteiger partial charge is 0.322 e. The monoisotopic (exact) mass is 400 g/mol. The zero-order valence-corrected chi connectivity index (χ0v) is 14.7. The van der Waals surface area contributed by atoms with Crippen LogP contribution in [0, 0.1) is 5.82 Å². The van der Waals surface area contributed by atoms with Crippen LogP contribution in [0.4, 0.5) is 10.1 Å². The van der Waals surface area contributed by atoms with Crippen LogP contribution >= 0.6 is 28.6 Å². The minimum atomic E-state index is -0.633. The van der Waals surface area contributed by atoms with Gasteiger partial charge in [0, 0.05) is 17.6 Å². The normalized spacial score (nSPS) is 9.91. The summed E-state index contributed by atoms with van der Waals surface area (Å²) >= 11 is 5.93. The van der Waals surface area contributed by atoms with Crippen LogP contribution in [-0.4, -0.2) is 25.3 Å². The third-order valence-corrected chi connectivity index (χ3v) is 3.47. The number of hydrogen-bond donors (Lipinski definition) is 1. The molecule has 0 bridgehead atoms. The predicted octanol–water partition coefficient (Wildman–Crippen LogP) is 3.21. The van der Waals surface area contributed by atoms with Crippen LogP contribution in [0.2, 0.25) is 5.02 Å². The average molecular weight is 402 g/mol. The Labute approximate surface area is 148 Å². The van der Waals surface area contributed by atoms with Gasteiger partial charge < -0.3 is 10.6 Å². The van der Waals surface area contributed by atoms with E-state index >= 15 is 0 Å². The van der Waals surface area contributed by atoms with Crippen molar-refractivity contribution in [3.8, 4) is 0 Å². The van der Waals surface area contributed by atoms with Crippen LogP contribution in [0.15, 0.2) is 42.5 Å². The number of hydrogen-bond acceptors (Lipinski definition) is 3. The molecule has 23 heavy (non-hydrogen) atoms. The van der Waals surface area contributed by atoms with Crippen molar-refractivity contribution in [1.82, 2.24) is 0 Å². The van der Waals surface area contributed by atoms with Gasteiger partial charge in [0.25, 0.3) is 0 Å². The van der Waals surface area contributed by atoms with Gasteiger partial charge in [0.1, 0.15) is 5.82 Å². The fourth-order valence-electron chi connectivity index (χ4n) is 2.04. The van der Waals surface area contributed by atoms with E-state index in [1.807, 2.05) is 0 Å². The molecule has 2 N–H and O–H groups in total. The van der Waals surface area contributed by atoms with Crippen molar-refractivity contribution in [2.45, 2.75) is 0 Å². The fraction of sp³-hybridized carbons (Fsp3) is 0.125. The molecule has 0 saturated carbocycles. The molecule has 2 rings (SSSR count). The molecular weight excluding hydrogens is 387 g/mol. The molecule has 0 radical (unpaired) electrons. The third-order valence-electron chi connectivity index (χ3n) is 3.23. The number of halogens is 3. The molecule has 0 saturated heterocycles. The molecule has 0 aromatic heterocycles. The Balaban J connectivity index is 0.00000264. The van der Waals surface area contributed by atoms with E-state index in [1.54, 1.807) is 12.1 Å². The first-order valence-corrected chi connectivity index (χ1v) is 6.89. The zero-order chi connectivity index (χ0) is 16.3. The Kier molecular flexibility index (Phi) is 6.87. The Bertz CT molecular complexity index is 740. The van der Waals surface area contributed by atoms with Gasteiger partial charge in [-0.15, -0.1) is 17.0 Å². The van der Waals surface area contributed by atoms with Gasteiger partial charge in [-0.2, -0.15) is 0 Å². The predicted molar refractivity (Wildman–Crippen MR) is 94.1 cm³/mol. The smallest absolute Gasteiger partial charge is 0.240 e. The summed E-state index contributed by atoms with van der Waals surface area (Å²) in [6.45, 7) is -0.202. The summed E-state index contributed by atoms with van der Waals surface area (Å²) in [5, 5.41) is 0.317. The van der Waals surface area contributed by atoms with Crippen LogP contribution in [0.3, 0.4) is 0 Å². The second-order valence-electron chi connectivity index (χ2n) is 4.63. The number of nitrogens with two attached hydrogens (primary N) is 1. The number of ketones is 1. The van der Waals surface area contributed by atoms with E-state index in [1.165, 1.54) is 42.3 Å². The van der Waals surface area contributed by atoms with Crippen molar-refractivity contribution in [2.75, 3.05) is 18.5 Å². The molecule has 0 spiro atoms. The number of amides is 1. The number of rotatable bonds is 4. The molecule has 0 unspecified atom stereocenters. The van der Waals surface area contributed by atoms with Crippen LogP contribution in [0.1, 0.15) is 15.9 Å². The van der Waals surface area contributed by atoms with Crippen molar-refractivity contribution in [3.05, 3.63) is 64.4 Å². The lowest BCUT2D eigenvalue weighted by atomic mass is 10.0. The number of carbonyl (C=O) groups is 2. The second kappa shape index (κ2) is 8.19. The van der Waals surface area contributed by atoms with E-state index in [-0.39, 0.29) is 40.6 Å². The number of carbonyl (C=O) groups excluding carboxylic acids is 2. The molecule has 0 heterocycles. The minimum Gasteiger partial charge on any atom is -0.322 e. The molecule has 2 aromatic rings. The highest BCUT2D eigenvalue weighted by molar-refractivity contribution is 8.93. The van der Waals surface area contributed by atoms with Crippen LogP contribution < -0.4 is 10.6 Å². The molecule has 7 heteroatoms. The average Bonchev–Trinajstić information content (AvgIpc) is 2.53. The highest BCUT2D eigenvalue weighted by atomic mass is 79.9. The highest BCUT2D eigenvalue weighted by Gasteiger charge is 2.21. The van der Waals surface area contributed by atoms with Gasteiger partial charge in [0.15, 0.2) is 5.78 Å². The van der Waals surface area contributed by atoms with Gasteiger partial charge >= 0.3 is 0 Å². The standard InChI is InChI=1S/C16H14ClFN2O2.BrH/c1-20(15(21)9-19)14-7-6-10(17)8-12(14)16(22)11-4-2-3-5-13(11)18;/h2-8H,9,19H2,1H3;1H. The van der Waals surface area contributed by atoms with Crippen LogP contribution in [-0.2, 0) is 4.79 Å². The molecular formula is C16H15BrClFN2O2. The van der Waals surface area contributed by atoms with Gasteiger partial charge in [0.2, 0.25) is 5.91 Å². The SMILES string of the molecule is Br.CN(C(=O)CN)c1ccc(Cl)cc1C(=O)c1ccccc1F. The second-order valence-corrected chi connectivity index (χ2v) is 5.06. The Morgan fingerprint density at radius 2 is 1.83 bits per heavy atom. The number of benzene rings is 2. The van der Waals surface area contributed by atoms with E-state index in [4.69, 9.17) is 17.3 Å².